The van der Waals surface area contributed by atoms with Crippen molar-refractivity contribution in [2.24, 2.45) is 0 Å². The molecule has 0 bridgehead atoms. The van der Waals surface area contributed by atoms with Gasteiger partial charge in [-0.1, -0.05) is 0 Å². The smallest absolute Gasteiger partial charge is 0.387 e. The molecule has 0 unspecified atom stereocenters. The molecule has 1 fully saturated rings. The maximum atomic E-state index is 15.2. The van der Waals surface area contributed by atoms with Crippen LogP contribution in [0, 0.1) is 11.6 Å². The number of alkyl halides is 2. The number of nitrogens with zero attached hydrogens (tertiary/aromatic N) is 2. The van der Waals surface area contributed by atoms with Crippen LogP contribution in [0.15, 0.2) is 54.7 Å². The first-order valence-electron chi connectivity index (χ1n) is 11.6. The molecule has 0 aliphatic carbocycles. The first-order chi connectivity index (χ1) is 18.4. The summed E-state index contributed by atoms with van der Waals surface area (Å²) in [5, 5.41) is 2.52. The van der Waals surface area contributed by atoms with Crippen LogP contribution in [0.4, 0.5) is 23.2 Å². The summed E-state index contributed by atoms with van der Waals surface area (Å²) in [4.78, 5) is 32.1. The molecule has 0 spiro atoms. The standard InChI is InChI=1S/C26H24F4N3O5P/c1-37-16-11-18(27)21(19(28)12-16)17-13-33(20-5-4-10-31-24(20)39(2,3)36)25(35)22(17)32-23(34)14-6-8-15(9-7-14)38-26(29)30/h4-12,17,22,26H,13H2,1-3H3,(H,32,34)/t17-,22-/m0/s1. The van der Waals surface area contributed by atoms with Crippen molar-refractivity contribution < 1.29 is 41.2 Å². The minimum Gasteiger partial charge on any atom is -0.497 e. The second-order valence-corrected chi connectivity index (χ2v) is 12.2. The first kappa shape index (κ1) is 28.1. The number of pyridine rings is 1. The van der Waals surface area contributed by atoms with E-state index in [2.05, 4.69) is 15.0 Å². The molecular weight excluding hydrogens is 541 g/mol. The lowest BCUT2D eigenvalue weighted by Gasteiger charge is -2.21. The van der Waals surface area contributed by atoms with Gasteiger partial charge in [-0.25, -0.2) is 8.78 Å². The van der Waals surface area contributed by atoms with Gasteiger partial charge in [0.25, 0.3) is 5.91 Å². The van der Waals surface area contributed by atoms with Crippen molar-refractivity contribution in [3.63, 3.8) is 0 Å². The third-order valence-corrected chi connectivity index (χ3v) is 7.53. The average Bonchev–Trinajstić information content (AvgIpc) is 3.18. The molecule has 1 aliphatic heterocycles. The van der Waals surface area contributed by atoms with E-state index in [0.717, 1.165) is 24.3 Å². The Morgan fingerprint density at radius 2 is 1.74 bits per heavy atom. The molecular formula is C26H24F4N3O5P. The summed E-state index contributed by atoms with van der Waals surface area (Å²) in [5.74, 6) is -4.92. The Balaban J connectivity index is 1.74. The Bertz CT molecular complexity index is 1420. The monoisotopic (exact) mass is 565 g/mol. The van der Waals surface area contributed by atoms with Crippen LogP contribution in [0.5, 0.6) is 11.5 Å². The summed E-state index contributed by atoms with van der Waals surface area (Å²) >= 11 is 0. The summed E-state index contributed by atoms with van der Waals surface area (Å²) in [7, 11) is -1.75. The number of methoxy groups -OCH3 is 1. The zero-order chi connectivity index (χ0) is 28.5. The van der Waals surface area contributed by atoms with Crippen LogP contribution < -0.4 is 25.1 Å². The van der Waals surface area contributed by atoms with Crippen molar-refractivity contribution in [1.29, 1.82) is 0 Å². The molecule has 8 nitrogen and oxygen atoms in total. The third kappa shape index (κ3) is 5.90. The van der Waals surface area contributed by atoms with Gasteiger partial charge in [0.2, 0.25) is 5.91 Å². The van der Waals surface area contributed by atoms with Crippen molar-refractivity contribution in [2.45, 2.75) is 18.6 Å². The van der Waals surface area contributed by atoms with E-state index < -0.39 is 54.7 Å². The fourth-order valence-corrected chi connectivity index (χ4v) is 5.52. The Kier molecular flexibility index (Phi) is 7.96. The van der Waals surface area contributed by atoms with Gasteiger partial charge in [0.05, 0.1) is 12.8 Å². The highest BCUT2D eigenvalue weighted by Gasteiger charge is 2.46. The van der Waals surface area contributed by atoms with Gasteiger partial charge in [0.15, 0.2) is 0 Å². The predicted octanol–water partition coefficient (Wildman–Crippen LogP) is 4.15. The molecule has 2 aromatic carbocycles. The van der Waals surface area contributed by atoms with E-state index in [-0.39, 0.29) is 34.7 Å². The number of ether oxygens (including phenoxy) is 2. The molecule has 2 heterocycles. The topological polar surface area (TPSA) is 97.8 Å². The van der Waals surface area contributed by atoms with Crippen LogP contribution in [-0.4, -0.2) is 56.4 Å². The van der Waals surface area contributed by atoms with Crippen molar-refractivity contribution in [2.75, 3.05) is 31.9 Å². The Hall–Kier alpha value is -3.92. The lowest BCUT2D eigenvalue weighted by Crippen LogP contribution is -2.44. The fraction of sp³-hybridized carbons (Fsp3) is 0.269. The van der Waals surface area contributed by atoms with E-state index in [0.29, 0.717) is 0 Å². The molecule has 3 aromatic rings. The summed E-state index contributed by atoms with van der Waals surface area (Å²) in [5.41, 5.74) is -0.111. The van der Waals surface area contributed by atoms with Crippen LogP contribution in [0.1, 0.15) is 21.8 Å². The molecule has 2 amide bonds. The van der Waals surface area contributed by atoms with Gasteiger partial charge in [-0.2, -0.15) is 8.78 Å². The summed E-state index contributed by atoms with van der Waals surface area (Å²) < 4.78 is 77.3. The Morgan fingerprint density at radius 1 is 1.10 bits per heavy atom. The van der Waals surface area contributed by atoms with Crippen LogP contribution in [-0.2, 0) is 9.36 Å². The summed E-state index contributed by atoms with van der Waals surface area (Å²) in [6, 6.07) is 8.24. The number of anilines is 1. The van der Waals surface area contributed by atoms with Crippen molar-refractivity contribution in [3.8, 4) is 11.5 Å². The largest absolute Gasteiger partial charge is 0.497 e. The molecule has 13 heteroatoms. The third-order valence-electron chi connectivity index (χ3n) is 6.17. The normalized spacial score (nSPS) is 17.4. The van der Waals surface area contributed by atoms with Gasteiger partial charge in [-0.05, 0) is 49.7 Å². The van der Waals surface area contributed by atoms with Crippen LogP contribution in [0.25, 0.3) is 0 Å². The number of halogens is 4. The maximum Gasteiger partial charge on any atom is 0.387 e. The Morgan fingerprint density at radius 3 is 2.31 bits per heavy atom. The highest BCUT2D eigenvalue weighted by atomic mass is 31.2. The number of carbonyl (C=O) groups excluding carboxylic acids is 2. The number of benzene rings is 2. The predicted molar refractivity (Wildman–Crippen MR) is 136 cm³/mol. The van der Waals surface area contributed by atoms with Gasteiger partial charge in [0, 0.05) is 41.9 Å². The van der Waals surface area contributed by atoms with Crippen molar-refractivity contribution in [1.82, 2.24) is 10.3 Å². The highest BCUT2D eigenvalue weighted by Crippen LogP contribution is 2.41. The minimum atomic E-state index is -3.05. The van der Waals surface area contributed by atoms with Gasteiger partial charge < -0.3 is 24.3 Å². The van der Waals surface area contributed by atoms with Gasteiger partial charge in [0.1, 0.15) is 41.8 Å². The van der Waals surface area contributed by atoms with Crippen LogP contribution >= 0.6 is 7.14 Å². The molecule has 206 valence electrons. The van der Waals surface area contributed by atoms with E-state index in [9.17, 15) is 22.9 Å². The van der Waals surface area contributed by atoms with E-state index in [4.69, 9.17) is 4.74 Å². The second-order valence-electron chi connectivity index (χ2n) is 9.11. The SMILES string of the molecule is COc1cc(F)c([C@@H]2CN(c3cccnc3P(C)(C)=O)C(=O)[C@H]2NC(=O)c2ccc(OC(F)F)cc2)c(F)c1. The van der Waals surface area contributed by atoms with Crippen LogP contribution in [0.3, 0.4) is 0 Å². The second kappa shape index (κ2) is 11.1. The van der Waals surface area contributed by atoms with E-state index in [1.165, 1.54) is 55.8 Å². The number of rotatable bonds is 8. The van der Waals surface area contributed by atoms with E-state index in [1.807, 2.05) is 0 Å². The average molecular weight is 565 g/mol. The zero-order valence-electron chi connectivity index (χ0n) is 21.0. The van der Waals surface area contributed by atoms with E-state index in [1.54, 1.807) is 0 Å². The van der Waals surface area contributed by atoms with Gasteiger partial charge in [-0.3, -0.25) is 14.6 Å². The van der Waals surface area contributed by atoms with Gasteiger partial charge in [-0.15, -0.1) is 0 Å². The molecule has 0 radical (unpaired) electrons. The number of amides is 2. The molecule has 2 atom stereocenters. The molecule has 1 saturated heterocycles. The molecule has 1 aliphatic rings. The lowest BCUT2D eigenvalue weighted by molar-refractivity contribution is -0.118. The number of carbonyl (C=O) groups is 2. The molecule has 1 aromatic heterocycles. The molecule has 4 rings (SSSR count). The number of nitrogens with one attached hydrogen (secondary N) is 1. The summed E-state index contributed by atoms with van der Waals surface area (Å²) in [6.07, 6.45) is 1.42. The van der Waals surface area contributed by atoms with E-state index >= 15 is 8.78 Å². The van der Waals surface area contributed by atoms with Crippen molar-refractivity contribution >= 4 is 30.1 Å². The number of aromatic nitrogens is 1. The van der Waals surface area contributed by atoms with Crippen molar-refractivity contribution in [3.05, 3.63) is 77.5 Å². The number of hydrogen-bond acceptors (Lipinski definition) is 6. The summed E-state index contributed by atoms with van der Waals surface area (Å²) in [6.45, 7) is -0.370. The minimum absolute atomic E-state index is 0.00836. The zero-order valence-corrected chi connectivity index (χ0v) is 21.9. The lowest BCUT2D eigenvalue weighted by atomic mass is 9.92. The maximum absolute atomic E-state index is 15.2. The fourth-order valence-electron chi connectivity index (χ4n) is 4.43. The molecule has 1 N–H and O–H groups in total. The number of hydrogen-bond donors (Lipinski definition) is 1. The van der Waals surface area contributed by atoms with Crippen LogP contribution in [0.2, 0.25) is 0 Å². The molecule has 0 saturated carbocycles. The first-order valence-corrected chi connectivity index (χ1v) is 14.2. The quantitative estimate of drug-likeness (QED) is 0.326. The Labute approximate surface area is 221 Å². The highest BCUT2D eigenvalue weighted by molar-refractivity contribution is 7.70. The molecule has 39 heavy (non-hydrogen) atoms. The van der Waals surface area contributed by atoms with Gasteiger partial charge >= 0.3 is 6.61 Å².